The van der Waals surface area contributed by atoms with E-state index < -0.39 is 5.79 Å². The van der Waals surface area contributed by atoms with Crippen molar-refractivity contribution in [2.75, 3.05) is 26.2 Å². The van der Waals surface area contributed by atoms with Crippen LogP contribution in [0.2, 0.25) is 0 Å². The SMILES string of the molecule is CC.COC1(OC)C(=O)N(C)c2ccccc21. The van der Waals surface area contributed by atoms with Gasteiger partial charge in [0, 0.05) is 26.8 Å². The molecule has 2 rings (SSSR count). The fourth-order valence-corrected chi connectivity index (χ4v) is 1.97. The minimum absolute atomic E-state index is 0.200. The lowest BCUT2D eigenvalue weighted by molar-refractivity contribution is -0.208. The van der Waals surface area contributed by atoms with Gasteiger partial charge in [0.25, 0.3) is 11.7 Å². The molecule has 1 amide bonds. The standard InChI is InChI=1S/C11H13NO3.C2H6/c1-12-9-7-5-4-6-8(9)11(14-2,15-3)10(12)13;1-2/h4-7H,1-3H3;1-2H3. The molecule has 1 heterocycles. The van der Waals surface area contributed by atoms with Crippen molar-refractivity contribution in [3.8, 4) is 0 Å². The van der Waals surface area contributed by atoms with E-state index in [0.29, 0.717) is 0 Å². The van der Waals surface area contributed by atoms with Crippen LogP contribution in [0.1, 0.15) is 19.4 Å². The summed E-state index contributed by atoms with van der Waals surface area (Å²) in [6.07, 6.45) is 0. The number of para-hydroxylation sites is 1. The van der Waals surface area contributed by atoms with Crippen molar-refractivity contribution < 1.29 is 14.3 Å². The van der Waals surface area contributed by atoms with Gasteiger partial charge in [-0.2, -0.15) is 0 Å². The molecule has 0 N–H and O–H groups in total. The van der Waals surface area contributed by atoms with Crippen LogP contribution < -0.4 is 4.90 Å². The first kappa shape index (κ1) is 13.7. The van der Waals surface area contributed by atoms with E-state index in [1.165, 1.54) is 14.2 Å². The lowest BCUT2D eigenvalue weighted by Crippen LogP contribution is -2.41. The van der Waals surface area contributed by atoms with Crippen LogP contribution in [0.5, 0.6) is 0 Å². The zero-order chi connectivity index (χ0) is 13.1. The van der Waals surface area contributed by atoms with E-state index in [0.717, 1.165) is 11.3 Å². The first-order valence-corrected chi connectivity index (χ1v) is 5.65. The van der Waals surface area contributed by atoms with Gasteiger partial charge in [0.15, 0.2) is 0 Å². The second-order valence-electron chi connectivity index (χ2n) is 3.41. The number of benzene rings is 1. The maximum absolute atomic E-state index is 12.0. The highest BCUT2D eigenvalue weighted by Gasteiger charge is 2.51. The van der Waals surface area contributed by atoms with E-state index in [-0.39, 0.29) is 5.91 Å². The van der Waals surface area contributed by atoms with Crippen LogP contribution in [-0.2, 0) is 20.1 Å². The Kier molecular flexibility index (Phi) is 4.26. The zero-order valence-electron chi connectivity index (χ0n) is 11.0. The van der Waals surface area contributed by atoms with Crippen LogP contribution in [0.25, 0.3) is 0 Å². The van der Waals surface area contributed by atoms with Crippen LogP contribution in [0.3, 0.4) is 0 Å². The topological polar surface area (TPSA) is 38.8 Å². The molecule has 0 saturated heterocycles. The smallest absolute Gasteiger partial charge is 0.292 e. The summed E-state index contributed by atoms with van der Waals surface area (Å²) in [7, 11) is 4.65. The summed E-state index contributed by atoms with van der Waals surface area (Å²) >= 11 is 0. The lowest BCUT2D eigenvalue weighted by Gasteiger charge is -2.24. The first-order chi connectivity index (χ1) is 8.17. The van der Waals surface area contributed by atoms with Gasteiger partial charge in [-0.05, 0) is 6.07 Å². The van der Waals surface area contributed by atoms with Crippen molar-refractivity contribution in [3.63, 3.8) is 0 Å². The van der Waals surface area contributed by atoms with E-state index in [1.807, 2.05) is 38.1 Å². The number of anilines is 1. The molecule has 0 aromatic heterocycles. The van der Waals surface area contributed by atoms with E-state index in [4.69, 9.17) is 9.47 Å². The average Bonchev–Trinajstić information content (AvgIpc) is 2.63. The fourth-order valence-electron chi connectivity index (χ4n) is 1.97. The van der Waals surface area contributed by atoms with Gasteiger partial charge in [-0.25, -0.2) is 0 Å². The predicted octanol–water partition coefficient (Wildman–Crippen LogP) is 2.13. The number of ether oxygens (including phenoxy) is 2. The normalized spacial score (nSPS) is 16.3. The third-order valence-corrected chi connectivity index (χ3v) is 2.78. The maximum atomic E-state index is 12.0. The fraction of sp³-hybridized carbons (Fsp3) is 0.462. The quantitative estimate of drug-likeness (QED) is 0.740. The summed E-state index contributed by atoms with van der Waals surface area (Å²) in [5.41, 5.74) is 1.58. The second kappa shape index (κ2) is 5.29. The summed E-state index contributed by atoms with van der Waals surface area (Å²) < 4.78 is 10.5. The number of carbonyl (C=O) groups is 1. The molecule has 1 aliphatic heterocycles. The number of nitrogens with zero attached hydrogens (tertiary/aromatic N) is 1. The van der Waals surface area contributed by atoms with E-state index in [1.54, 1.807) is 11.9 Å². The number of methoxy groups -OCH3 is 2. The van der Waals surface area contributed by atoms with Crippen LogP contribution >= 0.6 is 0 Å². The number of fused-ring (bicyclic) bond motifs is 1. The lowest BCUT2D eigenvalue weighted by atomic mass is 10.1. The van der Waals surface area contributed by atoms with Gasteiger partial charge in [0.2, 0.25) is 0 Å². The molecule has 94 valence electrons. The molecule has 17 heavy (non-hydrogen) atoms. The molecule has 0 fully saturated rings. The molecule has 1 aromatic rings. The van der Waals surface area contributed by atoms with Gasteiger partial charge in [0.1, 0.15) is 0 Å². The summed E-state index contributed by atoms with van der Waals surface area (Å²) in [6.45, 7) is 4.00. The molecule has 0 atom stereocenters. The number of hydrogen-bond donors (Lipinski definition) is 0. The molecular weight excluding hydrogens is 218 g/mol. The Morgan fingerprint density at radius 3 is 2.18 bits per heavy atom. The second-order valence-corrected chi connectivity index (χ2v) is 3.41. The molecule has 0 saturated carbocycles. The zero-order valence-corrected chi connectivity index (χ0v) is 11.0. The highest BCUT2D eigenvalue weighted by molar-refractivity contribution is 6.05. The van der Waals surface area contributed by atoms with Gasteiger partial charge in [0.05, 0.1) is 5.69 Å². The molecule has 1 aliphatic rings. The van der Waals surface area contributed by atoms with Crippen molar-refractivity contribution in [2.45, 2.75) is 19.6 Å². The van der Waals surface area contributed by atoms with Gasteiger partial charge < -0.3 is 14.4 Å². The molecule has 4 nitrogen and oxygen atoms in total. The number of hydrogen-bond acceptors (Lipinski definition) is 3. The Morgan fingerprint density at radius 1 is 1.12 bits per heavy atom. The molecule has 4 heteroatoms. The van der Waals surface area contributed by atoms with Gasteiger partial charge in [-0.3, -0.25) is 4.79 Å². The molecule has 0 radical (unpaired) electrons. The Labute approximate surface area is 102 Å². The molecule has 0 unspecified atom stereocenters. The summed E-state index contributed by atoms with van der Waals surface area (Å²) in [5.74, 6) is -1.47. The van der Waals surface area contributed by atoms with E-state index in [2.05, 4.69) is 0 Å². The summed E-state index contributed by atoms with van der Waals surface area (Å²) in [6, 6.07) is 7.44. The van der Waals surface area contributed by atoms with Crippen LogP contribution in [-0.4, -0.2) is 27.2 Å². The highest BCUT2D eigenvalue weighted by atomic mass is 16.7. The Morgan fingerprint density at radius 2 is 1.65 bits per heavy atom. The molecule has 1 aromatic carbocycles. The molecule has 0 aliphatic carbocycles. The third-order valence-electron chi connectivity index (χ3n) is 2.78. The highest BCUT2D eigenvalue weighted by Crippen LogP contribution is 2.41. The van der Waals surface area contributed by atoms with E-state index in [9.17, 15) is 4.79 Å². The molecule has 0 spiro atoms. The van der Waals surface area contributed by atoms with Crippen molar-refractivity contribution >= 4 is 11.6 Å². The Balaban J connectivity index is 0.000000686. The number of amides is 1. The van der Waals surface area contributed by atoms with Crippen molar-refractivity contribution in [1.82, 2.24) is 0 Å². The van der Waals surface area contributed by atoms with Crippen LogP contribution in [0.15, 0.2) is 24.3 Å². The first-order valence-electron chi connectivity index (χ1n) is 5.65. The minimum Gasteiger partial charge on any atom is -0.342 e. The average molecular weight is 237 g/mol. The summed E-state index contributed by atoms with van der Waals surface area (Å²) in [5, 5.41) is 0. The van der Waals surface area contributed by atoms with Gasteiger partial charge in [-0.15, -0.1) is 0 Å². The number of likely N-dealkylation sites (N-methyl/N-ethyl adjacent to an activating group) is 1. The number of rotatable bonds is 2. The monoisotopic (exact) mass is 237 g/mol. The van der Waals surface area contributed by atoms with Gasteiger partial charge >= 0.3 is 0 Å². The third kappa shape index (κ3) is 1.83. The van der Waals surface area contributed by atoms with E-state index >= 15 is 0 Å². The molecular formula is C13H19NO3. The predicted molar refractivity (Wildman–Crippen MR) is 66.9 cm³/mol. The maximum Gasteiger partial charge on any atom is 0.292 e. The van der Waals surface area contributed by atoms with Crippen molar-refractivity contribution in [1.29, 1.82) is 0 Å². The van der Waals surface area contributed by atoms with Crippen LogP contribution in [0, 0.1) is 0 Å². The van der Waals surface area contributed by atoms with Crippen molar-refractivity contribution in [3.05, 3.63) is 29.8 Å². The molecule has 0 bridgehead atoms. The minimum atomic E-state index is -1.27. The summed E-state index contributed by atoms with van der Waals surface area (Å²) in [4.78, 5) is 13.6. The Bertz CT molecular complexity index is 399. The van der Waals surface area contributed by atoms with Crippen LogP contribution in [0.4, 0.5) is 5.69 Å². The Hall–Kier alpha value is -1.39. The largest absolute Gasteiger partial charge is 0.342 e. The number of carbonyl (C=O) groups excluding carboxylic acids is 1. The van der Waals surface area contributed by atoms with Gasteiger partial charge in [-0.1, -0.05) is 32.0 Å². The van der Waals surface area contributed by atoms with Crippen molar-refractivity contribution in [2.24, 2.45) is 0 Å².